The predicted molar refractivity (Wildman–Crippen MR) is 77.9 cm³/mol. The van der Waals surface area contributed by atoms with Gasteiger partial charge in [0.1, 0.15) is 0 Å². The fraction of sp³-hybridized carbons (Fsp3) is 0.538. The molecule has 5 heteroatoms. The van der Waals surface area contributed by atoms with E-state index < -0.39 is 10.0 Å². The molecule has 0 bridgehead atoms. The number of anilines is 1. The lowest BCUT2D eigenvalue weighted by Crippen LogP contribution is -2.17. The average molecular weight is 290 g/mol. The van der Waals surface area contributed by atoms with Crippen molar-refractivity contribution < 1.29 is 8.42 Å². The van der Waals surface area contributed by atoms with Gasteiger partial charge in [-0.1, -0.05) is 13.0 Å². The first-order chi connectivity index (χ1) is 8.48. The molecule has 0 saturated heterocycles. The first-order valence-corrected chi connectivity index (χ1v) is 8.33. The second-order valence-electron chi connectivity index (χ2n) is 4.31. The van der Waals surface area contributed by atoms with Gasteiger partial charge in [0.25, 0.3) is 0 Å². The van der Waals surface area contributed by atoms with Crippen LogP contribution in [-0.2, 0) is 16.4 Å². The molecule has 0 fully saturated rings. The molecule has 0 amide bonds. The second-order valence-corrected chi connectivity index (χ2v) is 6.53. The Morgan fingerprint density at radius 3 is 2.61 bits per heavy atom. The first kappa shape index (κ1) is 15.3. The van der Waals surface area contributed by atoms with Crippen LogP contribution in [0.3, 0.4) is 0 Å². The highest BCUT2D eigenvalue weighted by atomic mass is 35.5. The van der Waals surface area contributed by atoms with Gasteiger partial charge >= 0.3 is 0 Å². The van der Waals surface area contributed by atoms with Crippen molar-refractivity contribution >= 4 is 27.3 Å². The fourth-order valence-electron chi connectivity index (χ4n) is 1.73. The number of aryl methyl sites for hydroxylation is 2. The van der Waals surface area contributed by atoms with E-state index in [-0.39, 0.29) is 5.75 Å². The standard InChI is InChI=1S/C13H20ClNO2S/c1-3-12-10-13(7-6-11(12)2)15-18(16,17)9-5-4-8-14/h6-7,10,15H,3-5,8-9H2,1-2H3. The quantitative estimate of drug-likeness (QED) is 0.618. The molecule has 18 heavy (non-hydrogen) atoms. The summed E-state index contributed by atoms with van der Waals surface area (Å²) in [4.78, 5) is 0. The maximum atomic E-state index is 11.8. The van der Waals surface area contributed by atoms with E-state index in [4.69, 9.17) is 11.6 Å². The maximum Gasteiger partial charge on any atom is 0.232 e. The summed E-state index contributed by atoms with van der Waals surface area (Å²) in [6, 6.07) is 5.64. The van der Waals surface area contributed by atoms with Crippen LogP contribution in [0, 0.1) is 6.92 Å². The lowest BCUT2D eigenvalue weighted by Gasteiger charge is -2.10. The molecule has 0 aliphatic carbocycles. The van der Waals surface area contributed by atoms with Crippen LogP contribution < -0.4 is 4.72 Å². The van der Waals surface area contributed by atoms with Crippen LogP contribution in [0.15, 0.2) is 18.2 Å². The summed E-state index contributed by atoms with van der Waals surface area (Å²) >= 11 is 5.53. The lowest BCUT2D eigenvalue weighted by atomic mass is 10.1. The van der Waals surface area contributed by atoms with Crippen molar-refractivity contribution in [2.24, 2.45) is 0 Å². The van der Waals surface area contributed by atoms with Gasteiger partial charge < -0.3 is 0 Å². The molecule has 0 spiro atoms. The minimum absolute atomic E-state index is 0.120. The van der Waals surface area contributed by atoms with Gasteiger partial charge in [-0.25, -0.2) is 8.42 Å². The molecular weight excluding hydrogens is 270 g/mol. The SMILES string of the molecule is CCc1cc(NS(=O)(=O)CCCCCl)ccc1C. The minimum atomic E-state index is -3.25. The van der Waals surface area contributed by atoms with Crippen molar-refractivity contribution in [3.63, 3.8) is 0 Å². The van der Waals surface area contributed by atoms with E-state index in [1.54, 1.807) is 6.07 Å². The smallest absolute Gasteiger partial charge is 0.232 e. The van der Waals surface area contributed by atoms with Gasteiger partial charge in [0.2, 0.25) is 10.0 Å². The molecule has 0 saturated carbocycles. The average Bonchev–Trinajstić information content (AvgIpc) is 2.31. The van der Waals surface area contributed by atoms with E-state index in [0.717, 1.165) is 18.4 Å². The van der Waals surface area contributed by atoms with Gasteiger partial charge in [-0.3, -0.25) is 4.72 Å². The summed E-state index contributed by atoms with van der Waals surface area (Å²) in [5.74, 6) is 0.620. The minimum Gasteiger partial charge on any atom is -0.284 e. The zero-order chi connectivity index (χ0) is 13.6. The van der Waals surface area contributed by atoms with E-state index in [9.17, 15) is 8.42 Å². The summed E-state index contributed by atoms with van der Waals surface area (Å²) in [6.45, 7) is 4.08. The Labute approximate surface area is 115 Å². The monoisotopic (exact) mass is 289 g/mol. The molecule has 0 unspecified atom stereocenters. The Hall–Kier alpha value is -0.740. The van der Waals surface area contributed by atoms with Crippen molar-refractivity contribution in [3.05, 3.63) is 29.3 Å². The summed E-state index contributed by atoms with van der Waals surface area (Å²) in [6.07, 6.45) is 2.20. The van der Waals surface area contributed by atoms with Gasteiger partial charge in [-0.05, 0) is 49.4 Å². The molecule has 1 rings (SSSR count). The third kappa shape index (κ3) is 4.86. The third-order valence-corrected chi connectivity index (χ3v) is 4.44. The van der Waals surface area contributed by atoms with E-state index in [1.807, 2.05) is 19.1 Å². The Morgan fingerprint density at radius 2 is 2.00 bits per heavy atom. The zero-order valence-corrected chi connectivity index (χ0v) is 12.4. The van der Waals surface area contributed by atoms with Crippen LogP contribution in [0.1, 0.15) is 30.9 Å². The van der Waals surface area contributed by atoms with Gasteiger partial charge in [-0.2, -0.15) is 0 Å². The molecule has 0 radical (unpaired) electrons. The highest BCUT2D eigenvalue weighted by molar-refractivity contribution is 7.92. The number of alkyl halides is 1. The highest BCUT2D eigenvalue weighted by Crippen LogP contribution is 2.17. The maximum absolute atomic E-state index is 11.8. The van der Waals surface area contributed by atoms with Gasteiger partial charge in [-0.15, -0.1) is 11.6 Å². The van der Waals surface area contributed by atoms with Crippen molar-refractivity contribution in [2.45, 2.75) is 33.1 Å². The summed E-state index contributed by atoms with van der Waals surface area (Å²) in [7, 11) is -3.25. The molecule has 0 aliphatic heterocycles. The van der Waals surface area contributed by atoms with E-state index >= 15 is 0 Å². The number of hydrogen-bond donors (Lipinski definition) is 1. The van der Waals surface area contributed by atoms with E-state index in [1.165, 1.54) is 5.56 Å². The third-order valence-electron chi connectivity index (χ3n) is 2.80. The number of nitrogens with one attached hydrogen (secondary N) is 1. The summed E-state index contributed by atoms with van der Waals surface area (Å²) in [5, 5.41) is 0. The molecule has 1 aromatic rings. The van der Waals surface area contributed by atoms with Crippen molar-refractivity contribution in [1.82, 2.24) is 0 Å². The molecule has 0 heterocycles. The fourth-order valence-corrected chi connectivity index (χ4v) is 3.09. The van der Waals surface area contributed by atoms with Gasteiger partial charge in [0.05, 0.1) is 5.75 Å². The lowest BCUT2D eigenvalue weighted by molar-refractivity contribution is 0.598. The number of sulfonamides is 1. The molecule has 102 valence electrons. The van der Waals surface area contributed by atoms with Crippen LogP contribution in [0.5, 0.6) is 0 Å². The van der Waals surface area contributed by atoms with Crippen LogP contribution in [0.4, 0.5) is 5.69 Å². The Bertz CT molecular complexity index is 486. The van der Waals surface area contributed by atoms with Crippen LogP contribution in [0.2, 0.25) is 0 Å². The van der Waals surface area contributed by atoms with E-state index in [0.29, 0.717) is 18.0 Å². The van der Waals surface area contributed by atoms with Crippen molar-refractivity contribution in [3.8, 4) is 0 Å². The number of rotatable bonds is 7. The highest BCUT2D eigenvalue weighted by Gasteiger charge is 2.10. The molecular formula is C13H20ClNO2S. The Balaban J connectivity index is 2.72. The zero-order valence-electron chi connectivity index (χ0n) is 10.9. The Morgan fingerprint density at radius 1 is 1.28 bits per heavy atom. The van der Waals surface area contributed by atoms with Gasteiger partial charge in [0, 0.05) is 11.6 Å². The van der Waals surface area contributed by atoms with Crippen LogP contribution in [-0.4, -0.2) is 20.1 Å². The summed E-state index contributed by atoms with van der Waals surface area (Å²) < 4.78 is 26.2. The van der Waals surface area contributed by atoms with Crippen molar-refractivity contribution in [1.29, 1.82) is 0 Å². The predicted octanol–water partition coefficient (Wildman–Crippen LogP) is 3.32. The summed E-state index contributed by atoms with van der Waals surface area (Å²) in [5.41, 5.74) is 2.99. The topological polar surface area (TPSA) is 46.2 Å². The number of halogens is 1. The van der Waals surface area contributed by atoms with E-state index in [2.05, 4.69) is 11.6 Å². The Kier molecular flexibility index (Phi) is 5.96. The number of hydrogen-bond acceptors (Lipinski definition) is 2. The normalized spacial score (nSPS) is 11.5. The molecule has 0 aliphatic rings. The molecule has 1 N–H and O–H groups in total. The van der Waals surface area contributed by atoms with Crippen molar-refractivity contribution in [2.75, 3.05) is 16.4 Å². The molecule has 0 atom stereocenters. The van der Waals surface area contributed by atoms with Gasteiger partial charge in [0.15, 0.2) is 0 Å². The molecule has 3 nitrogen and oxygen atoms in total. The number of benzene rings is 1. The molecule has 0 aromatic heterocycles. The van der Waals surface area contributed by atoms with Crippen LogP contribution in [0.25, 0.3) is 0 Å². The largest absolute Gasteiger partial charge is 0.284 e. The first-order valence-electron chi connectivity index (χ1n) is 6.14. The molecule has 1 aromatic carbocycles. The second kappa shape index (κ2) is 7.00. The van der Waals surface area contributed by atoms with Crippen LogP contribution >= 0.6 is 11.6 Å². The number of unbranched alkanes of at least 4 members (excludes halogenated alkanes) is 1.